The van der Waals surface area contributed by atoms with Gasteiger partial charge in [-0.15, -0.1) is 0 Å². The summed E-state index contributed by atoms with van der Waals surface area (Å²) in [6.45, 7) is 3.20. The van der Waals surface area contributed by atoms with Gasteiger partial charge < -0.3 is 4.74 Å². The van der Waals surface area contributed by atoms with Gasteiger partial charge in [0.2, 0.25) is 10.0 Å². The predicted octanol–water partition coefficient (Wildman–Crippen LogP) is 3.48. The van der Waals surface area contributed by atoms with Crippen molar-refractivity contribution < 1.29 is 17.9 Å². The molecule has 0 aliphatic rings. The van der Waals surface area contributed by atoms with Gasteiger partial charge in [-0.05, 0) is 47.4 Å². The third-order valence-electron chi connectivity index (χ3n) is 4.31. The van der Waals surface area contributed by atoms with E-state index in [1.54, 1.807) is 19.1 Å². The molecule has 0 atom stereocenters. The summed E-state index contributed by atoms with van der Waals surface area (Å²) in [4.78, 5) is 12.2. The number of benzene rings is 3. The summed E-state index contributed by atoms with van der Waals surface area (Å²) in [5.41, 5.74) is 2.33. The first-order valence-electron chi connectivity index (χ1n) is 8.56. The Hall–Kier alpha value is -2.70. The molecule has 27 heavy (non-hydrogen) atoms. The molecule has 3 aromatic carbocycles. The summed E-state index contributed by atoms with van der Waals surface area (Å²) in [6, 6.07) is 18.7. The third-order valence-corrected chi connectivity index (χ3v) is 5.85. The Labute approximate surface area is 159 Å². The molecule has 0 saturated carbocycles. The smallest absolute Gasteiger partial charge is 0.321 e. The van der Waals surface area contributed by atoms with Gasteiger partial charge in [-0.3, -0.25) is 4.79 Å². The van der Waals surface area contributed by atoms with Crippen molar-refractivity contribution in [1.29, 1.82) is 0 Å². The highest BCUT2D eigenvalue weighted by atomic mass is 32.2. The summed E-state index contributed by atoms with van der Waals surface area (Å²) < 4.78 is 32.4. The van der Waals surface area contributed by atoms with Crippen LogP contribution < -0.4 is 4.72 Å². The number of esters is 1. The molecule has 0 spiro atoms. The van der Waals surface area contributed by atoms with Crippen LogP contribution in [0.15, 0.2) is 65.6 Å². The van der Waals surface area contributed by atoms with Crippen molar-refractivity contribution in [3.63, 3.8) is 0 Å². The van der Waals surface area contributed by atoms with Crippen LogP contribution in [0.1, 0.15) is 16.7 Å². The van der Waals surface area contributed by atoms with Crippen LogP contribution in [0, 0.1) is 13.8 Å². The topological polar surface area (TPSA) is 72.5 Å². The van der Waals surface area contributed by atoms with Crippen molar-refractivity contribution in [1.82, 2.24) is 4.72 Å². The molecule has 0 aliphatic heterocycles. The van der Waals surface area contributed by atoms with Crippen molar-refractivity contribution in [2.45, 2.75) is 25.3 Å². The zero-order chi connectivity index (χ0) is 19.4. The summed E-state index contributed by atoms with van der Waals surface area (Å²) in [5.74, 6) is -0.628. The summed E-state index contributed by atoms with van der Waals surface area (Å²) >= 11 is 0. The average molecular weight is 383 g/mol. The van der Waals surface area contributed by atoms with Gasteiger partial charge in [-0.1, -0.05) is 54.6 Å². The number of carbonyl (C=O) groups excluding carboxylic acids is 1. The molecule has 0 unspecified atom stereocenters. The van der Waals surface area contributed by atoms with Gasteiger partial charge in [0.15, 0.2) is 0 Å². The minimum Gasteiger partial charge on any atom is -0.460 e. The number of hydrogen-bond donors (Lipinski definition) is 1. The fraction of sp³-hybridized carbons (Fsp3) is 0.190. The molecule has 5 nitrogen and oxygen atoms in total. The van der Waals surface area contributed by atoms with Gasteiger partial charge in [0.25, 0.3) is 0 Å². The SMILES string of the molecule is Cc1ccc(C)c(S(=O)(=O)NCC(=O)OCc2cccc3ccccc23)c1. The number of fused-ring (bicyclic) bond motifs is 1. The highest BCUT2D eigenvalue weighted by Crippen LogP contribution is 2.19. The summed E-state index contributed by atoms with van der Waals surface area (Å²) in [5, 5.41) is 2.06. The van der Waals surface area contributed by atoms with Crippen molar-refractivity contribution in [3.05, 3.63) is 77.4 Å². The minimum absolute atomic E-state index is 0.0887. The molecule has 1 N–H and O–H groups in total. The minimum atomic E-state index is -3.78. The number of ether oxygens (including phenoxy) is 1. The van der Waals surface area contributed by atoms with Gasteiger partial charge >= 0.3 is 5.97 Å². The van der Waals surface area contributed by atoms with Crippen molar-refractivity contribution in [3.8, 4) is 0 Å². The van der Waals surface area contributed by atoms with E-state index in [0.717, 1.165) is 21.9 Å². The van der Waals surface area contributed by atoms with E-state index in [2.05, 4.69) is 4.72 Å². The van der Waals surface area contributed by atoms with Crippen molar-refractivity contribution in [2.75, 3.05) is 6.54 Å². The number of nitrogens with one attached hydrogen (secondary N) is 1. The Morgan fingerprint density at radius 2 is 1.74 bits per heavy atom. The number of hydrogen-bond acceptors (Lipinski definition) is 4. The second kappa shape index (κ2) is 7.90. The zero-order valence-corrected chi connectivity index (χ0v) is 16.0. The van der Waals surface area contributed by atoms with E-state index in [4.69, 9.17) is 4.74 Å². The van der Waals surface area contributed by atoms with Crippen LogP contribution in [-0.2, 0) is 26.2 Å². The highest BCUT2D eigenvalue weighted by molar-refractivity contribution is 7.89. The van der Waals surface area contributed by atoms with E-state index in [1.165, 1.54) is 0 Å². The molecule has 0 aliphatic carbocycles. The highest BCUT2D eigenvalue weighted by Gasteiger charge is 2.18. The quantitative estimate of drug-likeness (QED) is 0.662. The van der Waals surface area contributed by atoms with Crippen LogP contribution >= 0.6 is 0 Å². The Balaban J connectivity index is 1.63. The molecular weight excluding hydrogens is 362 g/mol. The lowest BCUT2D eigenvalue weighted by Crippen LogP contribution is -2.31. The van der Waals surface area contributed by atoms with Gasteiger partial charge in [0, 0.05) is 0 Å². The molecule has 0 radical (unpaired) electrons. The van der Waals surface area contributed by atoms with Gasteiger partial charge in [0.05, 0.1) is 4.90 Å². The second-order valence-electron chi connectivity index (χ2n) is 6.39. The molecule has 0 bridgehead atoms. The van der Waals surface area contributed by atoms with Crippen LogP contribution in [0.5, 0.6) is 0 Å². The number of rotatable bonds is 6. The summed E-state index contributed by atoms with van der Waals surface area (Å²) in [7, 11) is -3.78. The molecule has 6 heteroatoms. The van der Waals surface area contributed by atoms with E-state index in [-0.39, 0.29) is 11.5 Å². The first kappa shape index (κ1) is 19.1. The Kier molecular flexibility index (Phi) is 5.58. The van der Waals surface area contributed by atoms with Crippen LogP contribution in [0.25, 0.3) is 10.8 Å². The molecule has 3 rings (SSSR count). The molecule has 0 aromatic heterocycles. The molecule has 140 valence electrons. The van der Waals surface area contributed by atoms with Crippen molar-refractivity contribution >= 4 is 26.8 Å². The van der Waals surface area contributed by atoms with E-state index >= 15 is 0 Å². The number of aryl methyl sites for hydroxylation is 2. The maximum atomic E-state index is 12.4. The molecule has 0 heterocycles. The monoisotopic (exact) mass is 383 g/mol. The molecular formula is C21H21NO4S. The average Bonchev–Trinajstić information content (AvgIpc) is 2.66. The zero-order valence-electron chi connectivity index (χ0n) is 15.2. The third kappa shape index (κ3) is 4.53. The second-order valence-corrected chi connectivity index (χ2v) is 8.13. The molecule has 0 amide bonds. The van der Waals surface area contributed by atoms with Crippen molar-refractivity contribution in [2.24, 2.45) is 0 Å². The lowest BCUT2D eigenvalue weighted by atomic mass is 10.1. The Morgan fingerprint density at radius 1 is 1.00 bits per heavy atom. The first-order chi connectivity index (χ1) is 12.9. The van der Waals surface area contributed by atoms with Crippen LogP contribution in [-0.4, -0.2) is 20.9 Å². The predicted molar refractivity (Wildman–Crippen MR) is 105 cm³/mol. The van der Waals surface area contributed by atoms with E-state index in [1.807, 2.05) is 55.5 Å². The van der Waals surface area contributed by atoms with E-state index in [0.29, 0.717) is 5.56 Å². The van der Waals surface area contributed by atoms with Crippen LogP contribution in [0.4, 0.5) is 0 Å². The van der Waals surface area contributed by atoms with E-state index < -0.39 is 22.5 Å². The van der Waals surface area contributed by atoms with E-state index in [9.17, 15) is 13.2 Å². The molecule has 3 aromatic rings. The van der Waals surface area contributed by atoms with Gasteiger partial charge in [-0.2, -0.15) is 4.72 Å². The fourth-order valence-corrected chi connectivity index (χ4v) is 4.15. The molecule has 0 fully saturated rings. The maximum Gasteiger partial charge on any atom is 0.321 e. The Morgan fingerprint density at radius 3 is 2.56 bits per heavy atom. The lowest BCUT2D eigenvalue weighted by molar-refractivity contribution is -0.143. The normalized spacial score (nSPS) is 11.5. The molecule has 0 saturated heterocycles. The maximum absolute atomic E-state index is 12.4. The first-order valence-corrected chi connectivity index (χ1v) is 10.0. The van der Waals surface area contributed by atoms with Crippen LogP contribution in [0.3, 0.4) is 0 Å². The summed E-state index contributed by atoms with van der Waals surface area (Å²) in [6.07, 6.45) is 0. The van der Waals surface area contributed by atoms with Crippen LogP contribution in [0.2, 0.25) is 0 Å². The fourth-order valence-electron chi connectivity index (χ4n) is 2.86. The van der Waals surface area contributed by atoms with Gasteiger partial charge in [-0.25, -0.2) is 8.42 Å². The number of sulfonamides is 1. The standard InChI is InChI=1S/C21H21NO4S/c1-15-10-11-16(2)20(12-15)27(24,25)22-13-21(23)26-14-18-8-5-7-17-6-3-4-9-19(17)18/h3-12,22H,13-14H2,1-2H3. The lowest BCUT2D eigenvalue weighted by Gasteiger charge is -2.11. The largest absolute Gasteiger partial charge is 0.460 e. The van der Waals surface area contributed by atoms with Gasteiger partial charge in [0.1, 0.15) is 13.2 Å². The Bertz CT molecular complexity index is 1090. The number of carbonyl (C=O) groups is 1.